The minimum Gasteiger partial charge on any atom is -0.321 e. The molecule has 2 aromatic carbocycles. The van der Waals surface area contributed by atoms with Crippen molar-refractivity contribution < 1.29 is 19.2 Å². The first-order valence-electron chi connectivity index (χ1n) is 13.9. The Morgan fingerprint density at radius 1 is 0.585 bits per heavy atom. The van der Waals surface area contributed by atoms with Crippen LogP contribution >= 0.6 is 0 Å². The molecule has 0 radical (unpaired) electrons. The summed E-state index contributed by atoms with van der Waals surface area (Å²) < 4.78 is 0. The zero-order valence-corrected chi connectivity index (χ0v) is 22.9. The Kier molecular flexibility index (Phi) is 9.17. The highest BCUT2D eigenvalue weighted by molar-refractivity contribution is 5.46. The first-order chi connectivity index (χ1) is 19.8. The lowest BCUT2D eigenvalue weighted by molar-refractivity contribution is 0.100. The second-order valence-electron chi connectivity index (χ2n) is 11.3. The number of isocyanates is 4. The molecule has 2 aromatic rings. The molecule has 2 fully saturated rings. The molecule has 0 aliphatic heterocycles. The summed E-state index contributed by atoms with van der Waals surface area (Å²) in [4.78, 5) is 61.9. The lowest BCUT2D eigenvalue weighted by atomic mass is 9.64. The van der Waals surface area contributed by atoms with E-state index in [2.05, 4.69) is 20.0 Å². The molecule has 41 heavy (non-hydrogen) atoms. The Bertz CT molecular complexity index is 1250. The van der Waals surface area contributed by atoms with Crippen LogP contribution in [0.2, 0.25) is 0 Å². The van der Waals surface area contributed by atoms with Gasteiger partial charge in [0.15, 0.2) is 0 Å². The van der Waals surface area contributed by atoms with Crippen LogP contribution in [-0.4, -0.2) is 35.4 Å². The molecule has 0 spiro atoms. The third kappa shape index (κ3) is 5.58. The van der Waals surface area contributed by atoms with Crippen LogP contribution in [0.25, 0.3) is 0 Å². The molecule has 0 aromatic heterocycles. The Morgan fingerprint density at radius 3 is 1.15 bits per heavy atom. The number of nitrogens with two attached hydrogens (primary N) is 2. The number of nitrogens with zero attached hydrogens (tertiary/aromatic N) is 4. The van der Waals surface area contributed by atoms with Crippen molar-refractivity contribution in [3.8, 4) is 0 Å². The molecular weight excluding hydrogens is 520 g/mol. The van der Waals surface area contributed by atoms with Crippen LogP contribution in [0.4, 0.5) is 0 Å². The van der Waals surface area contributed by atoms with Crippen LogP contribution in [0.5, 0.6) is 0 Å². The maximum Gasteiger partial charge on any atom is 0.237 e. The van der Waals surface area contributed by atoms with E-state index in [9.17, 15) is 19.2 Å². The third-order valence-corrected chi connectivity index (χ3v) is 9.23. The standard InChI is InChI=1S/C31H34N6O4/c32-28(30(34-20-38,35-21-39)26-7-3-1-4-8-26)15-11-24(12-16-28)19-25-13-17-29(33,18-14-25)31(36-22-40,37-23-41)27-9-5-2-6-10-27/h1-10,24-25H,11-19,32-33H2. The van der Waals surface area contributed by atoms with Crippen molar-refractivity contribution in [3.63, 3.8) is 0 Å². The number of hydrogen-bond donors (Lipinski definition) is 2. The Labute approximate surface area is 238 Å². The fourth-order valence-electron chi connectivity index (χ4n) is 6.96. The highest BCUT2D eigenvalue weighted by atomic mass is 16.1. The largest absolute Gasteiger partial charge is 0.321 e. The van der Waals surface area contributed by atoms with Crippen LogP contribution in [0.3, 0.4) is 0 Å². The van der Waals surface area contributed by atoms with E-state index in [4.69, 9.17) is 11.5 Å². The number of benzene rings is 2. The number of hydrogen-bond acceptors (Lipinski definition) is 10. The van der Waals surface area contributed by atoms with Crippen molar-refractivity contribution in [3.05, 3.63) is 71.8 Å². The van der Waals surface area contributed by atoms with E-state index in [0.717, 1.165) is 32.1 Å². The van der Waals surface area contributed by atoms with Crippen LogP contribution in [0.1, 0.15) is 68.9 Å². The number of carbonyl (C=O) groups excluding carboxylic acids is 4. The van der Waals surface area contributed by atoms with Crippen molar-refractivity contribution in [2.75, 3.05) is 0 Å². The van der Waals surface area contributed by atoms with E-state index in [1.807, 2.05) is 12.1 Å². The van der Waals surface area contributed by atoms with Gasteiger partial charge in [0.05, 0.1) is 11.1 Å². The summed E-state index contributed by atoms with van der Waals surface area (Å²) in [6.45, 7) is 0. The van der Waals surface area contributed by atoms with Gasteiger partial charge in [0.25, 0.3) is 0 Å². The Balaban J connectivity index is 1.47. The molecule has 0 atom stereocenters. The van der Waals surface area contributed by atoms with Gasteiger partial charge in [-0.15, -0.1) is 0 Å². The molecule has 10 nitrogen and oxygen atoms in total. The van der Waals surface area contributed by atoms with Crippen LogP contribution in [0, 0.1) is 11.8 Å². The maximum absolute atomic E-state index is 11.5. The second-order valence-corrected chi connectivity index (χ2v) is 11.3. The summed E-state index contributed by atoms with van der Waals surface area (Å²) in [5, 5.41) is 0. The van der Waals surface area contributed by atoms with Crippen molar-refractivity contribution in [1.82, 2.24) is 0 Å². The zero-order chi connectivity index (χ0) is 29.4. The smallest absolute Gasteiger partial charge is 0.237 e. The molecule has 4 rings (SSSR count). The lowest BCUT2D eigenvalue weighted by Crippen LogP contribution is -2.59. The SMILES string of the molecule is NC1(C(N=C=O)(N=C=O)c2ccccc2)CCC(CC2CCC(N)(C(N=C=O)(N=C=O)c3ccccc3)CC2)CC1. The van der Waals surface area contributed by atoms with Gasteiger partial charge in [-0.3, -0.25) is 0 Å². The fraction of sp³-hybridized carbons (Fsp3) is 0.484. The molecule has 2 aliphatic rings. The van der Waals surface area contributed by atoms with Gasteiger partial charge >= 0.3 is 0 Å². The molecule has 212 valence electrons. The minimum atomic E-state index is -1.58. The Hall–Kier alpha value is -4.12. The maximum atomic E-state index is 11.5. The monoisotopic (exact) mass is 554 g/mol. The van der Waals surface area contributed by atoms with E-state index < -0.39 is 22.4 Å². The average molecular weight is 555 g/mol. The summed E-state index contributed by atoms with van der Waals surface area (Å²) in [7, 11) is 0. The normalized spacial score (nSPS) is 28.6. The summed E-state index contributed by atoms with van der Waals surface area (Å²) >= 11 is 0. The van der Waals surface area contributed by atoms with Crippen LogP contribution in [-0.2, 0) is 30.5 Å². The molecule has 0 bridgehead atoms. The van der Waals surface area contributed by atoms with E-state index in [1.165, 1.54) is 0 Å². The zero-order valence-electron chi connectivity index (χ0n) is 22.9. The molecule has 10 heteroatoms. The molecule has 0 amide bonds. The molecule has 2 saturated carbocycles. The second kappa shape index (κ2) is 12.6. The van der Waals surface area contributed by atoms with Crippen molar-refractivity contribution >= 4 is 24.3 Å². The highest BCUT2D eigenvalue weighted by Crippen LogP contribution is 2.50. The Morgan fingerprint density at radius 2 is 0.878 bits per heavy atom. The molecular formula is C31H34N6O4. The molecule has 0 unspecified atom stereocenters. The summed E-state index contributed by atoms with van der Waals surface area (Å²) in [5.74, 6) is 0.742. The summed E-state index contributed by atoms with van der Waals surface area (Å²) in [6, 6.07) is 17.8. The highest BCUT2D eigenvalue weighted by Gasteiger charge is 2.54. The topological polar surface area (TPSA) is 170 Å². The van der Waals surface area contributed by atoms with Gasteiger partial charge < -0.3 is 11.5 Å². The first kappa shape index (κ1) is 29.9. The van der Waals surface area contributed by atoms with E-state index >= 15 is 0 Å². The van der Waals surface area contributed by atoms with Crippen molar-refractivity contribution in [1.29, 1.82) is 0 Å². The molecule has 0 heterocycles. The quantitative estimate of drug-likeness (QED) is 0.329. The van der Waals surface area contributed by atoms with Crippen molar-refractivity contribution in [2.24, 2.45) is 43.3 Å². The van der Waals surface area contributed by atoms with Gasteiger partial charge in [-0.25, -0.2) is 19.2 Å². The predicted molar refractivity (Wildman–Crippen MR) is 151 cm³/mol. The summed E-state index contributed by atoms with van der Waals surface area (Å²) in [6.07, 6.45) is 12.4. The van der Waals surface area contributed by atoms with Gasteiger partial charge in [0, 0.05) is 11.1 Å². The third-order valence-electron chi connectivity index (χ3n) is 9.23. The van der Waals surface area contributed by atoms with Gasteiger partial charge in [0.1, 0.15) is 0 Å². The van der Waals surface area contributed by atoms with Gasteiger partial charge in [-0.1, -0.05) is 60.7 Å². The van der Waals surface area contributed by atoms with Gasteiger partial charge in [0.2, 0.25) is 35.6 Å². The van der Waals surface area contributed by atoms with Crippen LogP contribution < -0.4 is 11.5 Å². The van der Waals surface area contributed by atoms with E-state index in [0.29, 0.717) is 48.6 Å². The van der Waals surface area contributed by atoms with Gasteiger partial charge in [-0.05, 0) is 69.6 Å². The van der Waals surface area contributed by atoms with Crippen molar-refractivity contribution in [2.45, 2.75) is 80.2 Å². The number of rotatable bonds is 10. The molecule has 2 aliphatic carbocycles. The summed E-state index contributed by atoms with van der Waals surface area (Å²) in [5.41, 5.74) is 9.63. The van der Waals surface area contributed by atoms with Gasteiger partial charge in [-0.2, -0.15) is 20.0 Å². The predicted octanol–water partition coefficient (Wildman–Crippen LogP) is 4.20. The fourth-order valence-corrected chi connectivity index (χ4v) is 6.96. The lowest BCUT2D eigenvalue weighted by Gasteiger charge is -2.47. The van der Waals surface area contributed by atoms with E-state index in [-0.39, 0.29) is 0 Å². The number of aliphatic imine (C=N–C) groups is 4. The molecule has 0 saturated heterocycles. The minimum absolute atomic E-state index is 0.371. The molecule has 4 N–H and O–H groups in total. The average Bonchev–Trinajstić information content (AvgIpc) is 3.00. The van der Waals surface area contributed by atoms with Crippen LogP contribution in [0.15, 0.2) is 80.6 Å². The van der Waals surface area contributed by atoms with E-state index in [1.54, 1.807) is 72.9 Å². The first-order valence-corrected chi connectivity index (χ1v) is 13.9.